The minimum absolute atomic E-state index is 0.197. The first-order valence-corrected chi connectivity index (χ1v) is 4.97. The molecule has 2 N–H and O–H groups in total. The SMILES string of the molecule is NC1=NCC2(CCc3cc(F)ccc32)O1. The van der Waals surface area contributed by atoms with Gasteiger partial charge in [-0.25, -0.2) is 9.38 Å². The highest BCUT2D eigenvalue weighted by Gasteiger charge is 2.44. The Bertz CT molecular complexity index is 458. The Balaban J connectivity index is 2.06. The number of nitrogens with zero attached hydrogens (tertiary/aromatic N) is 1. The molecule has 0 fully saturated rings. The maximum Gasteiger partial charge on any atom is 0.283 e. The van der Waals surface area contributed by atoms with Crippen LogP contribution in [0.5, 0.6) is 0 Å². The molecule has 0 amide bonds. The van der Waals surface area contributed by atoms with Gasteiger partial charge in [0.25, 0.3) is 6.02 Å². The fourth-order valence-electron chi connectivity index (χ4n) is 2.43. The molecule has 78 valence electrons. The van der Waals surface area contributed by atoms with Crippen LogP contribution in [0.2, 0.25) is 0 Å². The smallest absolute Gasteiger partial charge is 0.283 e. The molecule has 1 unspecified atom stereocenters. The van der Waals surface area contributed by atoms with Gasteiger partial charge in [-0.15, -0.1) is 0 Å². The number of hydrogen-bond donors (Lipinski definition) is 1. The summed E-state index contributed by atoms with van der Waals surface area (Å²) >= 11 is 0. The number of benzene rings is 1. The highest BCUT2D eigenvalue weighted by Crippen LogP contribution is 2.42. The van der Waals surface area contributed by atoms with Crippen LogP contribution in [0.25, 0.3) is 0 Å². The summed E-state index contributed by atoms with van der Waals surface area (Å²) < 4.78 is 18.6. The normalized spacial score (nSPS) is 27.7. The summed E-state index contributed by atoms with van der Waals surface area (Å²) in [7, 11) is 0. The molecule has 3 nitrogen and oxygen atoms in total. The monoisotopic (exact) mass is 206 g/mol. The van der Waals surface area contributed by atoms with E-state index in [4.69, 9.17) is 10.5 Å². The van der Waals surface area contributed by atoms with E-state index in [2.05, 4.69) is 4.99 Å². The third-order valence-corrected chi connectivity index (χ3v) is 3.15. The Morgan fingerprint density at radius 2 is 2.33 bits per heavy atom. The highest BCUT2D eigenvalue weighted by atomic mass is 19.1. The summed E-state index contributed by atoms with van der Waals surface area (Å²) in [5, 5.41) is 0. The van der Waals surface area contributed by atoms with Crippen molar-refractivity contribution >= 4 is 6.02 Å². The first kappa shape index (κ1) is 8.71. The minimum atomic E-state index is -0.410. The molecule has 0 radical (unpaired) electrons. The number of rotatable bonds is 0. The van der Waals surface area contributed by atoms with Gasteiger partial charge in [0.15, 0.2) is 5.60 Å². The van der Waals surface area contributed by atoms with Crippen molar-refractivity contribution in [1.29, 1.82) is 0 Å². The molecular formula is C11H11FN2O. The van der Waals surface area contributed by atoms with Crippen molar-refractivity contribution in [2.45, 2.75) is 18.4 Å². The predicted molar refractivity (Wildman–Crippen MR) is 54.0 cm³/mol. The van der Waals surface area contributed by atoms with E-state index in [1.165, 1.54) is 6.07 Å². The minimum Gasteiger partial charge on any atom is -0.452 e. The van der Waals surface area contributed by atoms with E-state index in [9.17, 15) is 4.39 Å². The van der Waals surface area contributed by atoms with E-state index in [-0.39, 0.29) is 11.8 Å². The van der Waals surface area contributed by atoms with Gasteiger partial charge in [0.2, 0.25) is 0 Å². The van der Waals surface area contributed by atoms with Crippen molar-refractivity contribution in [3.8, 4) is 0 Å². The summed E-state index contributed by atoms with van der Waals surface area (Å²) in [6, 6.07) is 5.06. The predicted octanol–water partition coefficient (Wildman–Crippen LogP) is 1.31. The number of fused-ring (bicyclic) bond motifs is 2. The molecule has 1 heterocycles. The van der Waals surface area contributed by atoms with Gasteiger partial charge in [-0.3, -0.25) is 0 Å². The van der Waals surface area contributed by atoms with Crippen LogP contribution in [0.15, 0.2) is 23.2 Å². The van der Waals surface area contributed by atoms with Crippen LogP contribution in [0, 0.1) is 5.82 Å². The summed E-state index contributed by atoms with van der Waals surface area (Å²) in [5.74, 6) is -0.197. The number of halogens is 1. The van der Waals surface area contributed by atoms with Gasteiger partial charge in [-0.2, -0.15) is 0 Å². The van der Waals surface area contributed by atoms with E-state index in [1.807, 2.05) is 0 Å². The molecule has 1 aliphatic heterocycles. The van der Waals surface area contributed by atoms with Crippen molar-refractivity contribution in [2.75, 3.05) is 6.54 Å². The second-order valence-electron chi connectivity index (χ2n) is 4.05. The average Bonchev–Trinajstić information content (AvgIpc) is 2.73. The third kappa shape index (κ3) is 1.14. The lowest BCUT2D eigenvalue weighted by Gasteiger charge is -2.23. The molecule has 2 aliphatic rings. The topological polar surface area (TPSA) is 47.6 Å². The summed E-state index contributed by atoms with van der Waals surface area (Å²) in [6.45, 7) is 0.553. The Hall–Kier alpha value is -1.58. The van der Waals surface area contributed by atoms with Gasteiger partial charge in [0, 0.05) is 5.56 Å². The molecule has 0 saturated carbocycles. The van der Waals surface area contributed by atoms with Gasteiger partial charge in [0.05, 0.1) is 6.54 Å². The number of aliphatic imine (C=N–C) groups is 1. The van der Waals surface area contributed by atoms with Crippen molar-refractivity contribution in [2.24, 2.45) is 10.7 Å². The zero-order chi connectivity index (χ0) is 10.5. The van der Waals surface area contributed by atoms with Gasteiger partial charge in [-0.05, 0) is 30.5 Å². The van der Waals surface area contributed by atoms with E-state index < -0.39 is 5.60 Å². The summed E-state index contributed by atoms with van der Waals surface area (Å²) in [4.78, 5) is 4.07. The number of aryl methyl sites for hydroxylation is 1. The first-order valence-electron chi connectivity index (χ1n) is 4.97. The number of ether oxygens (including phenoxy) is 1. The van der Waals surface area contributed by atoms with E-state index >= 15 is 0 Å². The van der Waals surface area contributed by atoms with Crippen LogP contribution in [0.4, 0.5) is 4.39 Å². The van der Waals surface area contributed by atoms with Crippen molar-refractivity contribution in [1.82, 2.24) is 0 Å². The largest absolute Gasteiger partial charge is 0.452 e. The molecule has 4 heteroatoms. The second-order valence-corrected chi connectivity index (χ2v) is 4.05. The highest BCUT2D eigenvalue weighted by molar-refractivity contribution is 5.74. The Morgan fingerprint density at radius 3 is 3.07 bits per heavy atom. The molecular weight excluding hydrogens is 195 g/mol. The fraction of sp³-hybridized carbons (Fsp3) is 0.364. The summed E-state index contributed by atoms with van der Waals surface area (Å²) in [6.07, 6.45) is 1.66. The van der Waals surface area contributed by atoms with Crippen LogP contribution in [0.3, 0.4) is 0 Å². The Kier molecular flexibility index (Phi) is 1.58. The Labute approximate surface area is 86.8 Å². The van der Waals surface area contributed by atoms with Crippen LogP contribution in [-0.4, -0.2) is 12.6 Å². The van der Waals surface area contributed by atoms with E-state index in [1.54, 1.807) is 12.1 Å². The molecule has 0 aromatic heterocycles. The van der Waals surface area contributed by atoms with Crippen LogP contribution in [-0.2, 0) is 16.8 Å². The maximum absolute atomic E-state index is 13.0. The molecule has 0 saturated heterocycles. The molecule has 0 bridgehead atoms. The second kappa shape index (κ2) is 2.72. The average molecular weight is 206 g/mol. The third-order valence-electron chi connectivity index (χ3n) is 3.15. The molecule has 15 heavy (non-hydrogen) atoms. The van der Waals surface area contributed by atoms with Crippen molar-refractivity contribution in [3.05, 3.63) is 35.1 Å². The van der Waals surface area contributed by atoms with Gasteiger partial charge in [-0.1, -0.05) is 6.07 Å². The molecule has 1 aromatic rings. The molecule has 1 aliphatic carbocycles. The zero-order valence-electron chi connectivity index (χ0n) is 8.16. The van der Waals surface area contributed by atoms with E-state index in [0.717, 1.165) is 24.0 Å². The van der Waals surface area contributed by atoms with Crippen LogP contribution < -0.4 is 5.73 Å². The van der Waals surface area contributed by atoms with Crippen LogP contribution >= 0.6 is 0 Å². The van der Waals surface area contributed by atoms with E-state index in [0.29, 0.717) is 6.54 Å². The zero-order valence-corrected chi connectivity index (χ0v) is 8.16. The molecule has 3 rings (SSSR count). The number of amidine groups is 1. The maximum atomic E-state index is 13.0. The van der Waals surface area contributed by atoms with Gasteiger partial charge in [0.1, 0.15) is 5.82 Å². The van der Waals surface area contributed by atoms with Crippen molar-refractivity contribution < 1.29 is 9.13 Å². The molecule has 1 atom stereocenters. The van der Waals surface area contributed by atoms with Crippen molar-refractivity contribution in [3.63, 3.8) is 0 Å². The lowest BCUT2D eigenvalue weighted by molar-refractivity contribution is 0.0858. The Morgan fingerprint density at radius 1 is 1.47 bits per heavy atom. The molecule has 1 spiro atoms. The lowest BCUT2D eigenvalue weighted by Crippen LogP contribution is -2.29. The van der Waals surface area contributed by atoms with Gasteiger partial charge >= 0.3 is 0 Å². The fourth-order valence-corrected chi connectivity index (χ4v) is 2.43. The standard InChI is InChI=1S/C11H11FN2O/c12-8-1-2-9-7(5-8)3-4-11(9)6-14-10(13)15-11/h1-2,5H,3-4,6H2,(H2,13,14). The quantitative estimate of drug-likeness (QED) is 0.695. The number of hydrogen-bond acceptors (Lipinski definition) is 3. The molecule has 1 aromatic carbocycles. The lowest BCUT2D eigenvalue weighted by atomic mass is 9.96. The number of nitrogens with two attached hydrogens (primary N) is 1. The summed E-state index contributed by atoms with van der Waals surface area (Å²) in [5.41, 5.74) is 7.17. The first-order chi connectivity index (χ1) is 7.20. The van der Waals surface area contributed by atoms with Gasteiger partial charge < -0.3 is 10.5 Å². The van der Waals surface area contributed by atoms with Crippen LogP contribution in [0.1, 0.15) is 17.5 Å².